The van der Waals surface area contributed by atoms with E-state index in [0.29, 0.717) is 11.5 Å². The van der Waals surface area contributed by atoms with Crippen molar-refractivity contribution in [2.45, 2.75) is 33.2 Å². The molecule has 16 heavy (non-hydrogen) atoms. The van der Waals surface area contributed by atoms with Gasteiger partial charge in [0.2, 0.25) is 0 Å². The normalized spacial score (nSPS) is 22.1. The second-order valence-electron chi connectivity index (χ2n) is 5.52. The molecule has 1 atom stereocenters. The lowest BCUT2D eigenvalue weighted by atomic mass is 9.92. The third-order valence-corrected chi connectivity index (χ3v) is 5.32. The van der Waals surface area contributed by atoms with E-state index < -0.39 is 0 Å². The Kier molecular flexibility index (Phi) is 3.67. The third kappa shape index (κ3) is 2.47. The molecule has 1 nitrogen and oxygen atoms in total. The van der Waals surface area contributed by atoms with Gasteiger partial charge in [-0.2, -0.15) is 12.6 Å². The summed E-state index contributed by atoms with van der Waals surface area (Å²) in [6.45, 7) is 9.28. The molecular formula is C13H21NS2. The molecule has 0 amide bonds. The molecule has 0 radical (unpaired) electrons. The first-order chi connectivity index (χ1) is 7.53. The molecule has 0 saturated heterocycles. The third-order valence-electron chi connectivity index (χ3n) is 3.46. The van der Waals surface area contributed by atoms with Crippen molar-refractivity contribution in [2.24, 2.45) is 5.41 Å². The first-order valence-electron chi connectivity index (χ1n) is 5.95. The van der Waals surface area contributed by atoms with E-state index in [1.54, 1.807) is 10.4 Å². The van der Waals surface area contributed by atoms with Crippen molar-refractivity contribution >= 4 is 24.0 Å². The summed E-state index contributed by atoms with van der Waals surface area (Å²) >= 11 is 6.36. The highest BCUT2D eigenvalue weighted by Gasteiger charge is 2.28. The highest BCUT2D eigenvalue weighted by molar-refractivity contribution is 7.80. The van der Waals surface area contributed by atoms with E-state index in [1.807, 2.05) is 11.3 Å². The Labute approximate surface area is 108 Å². The number of fused-ring (bicyclic) bond motifs is 1. The monoisotopic (exact) mass is 255 g/mol. The van der Waals surface area contributed by atoms with Crippen LogP contribution < -0.4 is 0 Å². The van der Waals surface area contributed by atoms with E-state index in [4.69, 9.17) is 0 Å². The van der Waals surface area contributed by atoms with Gasteiger partial charge in [-0.1, -0.05) is 13.8 Å². The van der Waals surface area contributed by atoms with Gasteiger partial charge in [-0.15, -0.1) is 11.3 Å². The van der Waals surface area contributed by atoms with Crippen LogP contribution in [0.3, 0.4) is 0 Å². The summed E-state index contributed by atoms with van der Waals surface area (Å²) in [7, 11) is 0. The van der Waals surface area contributed by atoms with E-state index in [9.17, 15) is 0 Å². The quantitative estimate of drug-likeness (QED) is 0.807. The molecule has 0 aliphatic carbocycles. The van der Waals surface area contributed by atoms with Crippen LogP contribution in [0.1, 0.15) is 37.3 Å². The Balaban J connectivity index is 2.10. The summed E-state index contributed by atoms with van der Waals surface area (Å²) < 4.78 is 0. The minimum absolute atomic E-state index is 0.310. The molecule has 1 aliphatic heterocycles. The van der Waals surface area contributed by atoms with Crippen LogP contribution in [0, 0.1) is 5.41 Å². The van der Waals surface area contributed by atoms with Crippen LogP contribution in [0.4, 0.5) is 0 Å². The average molecular weight is 255 g/mol. The van der Waals surface area contributed by atoms with Crippen molar-refractivity contribution in [2.75, 3.05) is 18.8 Å². The molecule has 0 fully saturated rings. The zero-order valence-corrected chi connectivity index (χ0v) is 12.1. The molecule has 1 aliphatic rings. The lowest BCUT2D eigenvalue weighted by molar-refractivity contribution is 0.142. The van der Waals surface area contributed by atoms with Crippen LogP contribution in [0.5, 0.6) is 0 Å². The summed E-state index contributed by atoms with van der Waals surface area (Å²) in [5.41, 5.74) is 1.86. The van der Waals surface area contributed by atoms with Gasteiger partial charge in [-0.25, -0.2) is 0 Å². The first kappa shape index (κ1) is 12.5. The molecule has 0 aromatic carbocycles. The summed E-state index contributed by atoms with van der Waals surface area (Å²) in [6, 6.07) is 2.87. The predicted octanol–water partition coefficient (Wildman–Crippen LogP) is 3.62. The Morgan fingerprint density at radius 1 is 1.56 bits per heavy atom. The number of rotatable bonds is 3. The number of thiophene rings is 1. The Bertz CT molecular complexity index is 357. The molecule has 2 rings (SSSR count). The predicted molar refractivity (Wildman–Crippen MR) is 75.6 cm³/mol. The number of hydrogen-bond acceptors (Lipinski definition) is 3. The van der Waals surface area contributed by atoms with Crippen molar-refractivity contribution in [1.82, 2.24) is 4.90 Å². The highest BCUT2D eigenvalue weighted by atomic mass is 32.1. The van der Waals surface area contributed by atoms with Crippen molar-refractivity contribution in [3.63, 3.8) is 0 Å². The molecule has 1 unspecified atom stereocenters. The SMILES string of the molecule is CC1c2ccsc2CCN1CC(C)(C)CS. The second-order valence-corrected chi connectivity index (χ2v) is 6.83. The standard InChI is InChI=1S/C13H21NS2/c1-10-11-5-7-16-12(11)4-6-14(10)8-13(2,3)9-15/h5,7,10,15H,4,6,8-9H2,1-3H3. The number of thiol groups is 1. The molecular weight excluding hydrogens is 234 g/mol. The first-order valence-corrected chi connectivity index (χ1v) is 7.46. The minimum atomic E-state index is 0.310. The molecule has 1 aromatic heterocycles. The molecule has 0 spiro atoms. The largest absolute Gasteiger partial charge is 0.296 e. The van der Waals surface area contributed by atoms with Gasteiger partial charge in [-0.3, -0.25) is 4.90 Å². The van der Waals surface area contributed by atoms with Crippen LogP contribution in [-0.4, -0.2) is 23.7 Å². The molecule has 1 aromatic rings. The topological polar surface area (TPSA) is 3.24 Å². The van der Waals surface area contributed by atoms with Crippen LogP contribution in [-0.2, 0) is 6.42 Å². The zero-order chi connectivity index (χ0) is 11.8. The summed E-state index contributed by atoms with van der Waals surface area (Å²) in [4.78, 5) is 4.19. The van der Waals surface area contributed by atoms with Gasteiger partial charge in [0.25, 0.3) is 0 Å². The van der Waals surface area contributed by atoms with Gasteiger partial charge in [0.05, 0.1) is 0 Å². The number of hydrogen-bond donors (Lipinski definition) is 1. The Morgan fingerprint density at radius 2 is 2.31 bits per heavy atom. The fourth-order valence-corrected chi connectivity index (χ4v) is 3.44. The summed E-state index contributed by atoms with van der Waals surface area (Å²) in [6.07, 6.45) is 1.22. The minimum Gasteiger partial charge on any atom is -0.296 e. The molecule has 2 heterocycles. The molecule has 0 bridgehead atoms. The Hall–Kier alpha value is 0.01000. The van der Waals surface area contributed by atoms with Gasteiger partial charge in [-0.05, 0) is 41.5 Å². The average Bonchev–Trinajstić information content (AvgIpc) is 2.71. The maximum Gasteiger partial charge on any atom is 0.0331 e. The number of nitrogens with zero attached hydrogens (tertiary/aromatic N) is 1. The highest BCUT2D eigenvalue weighted by Crippen LogP contribution is 2.34. The van der Waals surface area contributed by atoms with Crippen molar-refractivity contribution in [3.8, 4) is 0 Å². The molecule has 0 saturated carbocycles. The zero-order valence-electron chi connectivity index (χ0n) is 10.4. The van der Waals surface area contributed by atoms with E-state index in [2.05, 4.69) is 49.7 Å². The van der Waals surface area contributed by atoms with Gasteiger partial charge < -0.3 is 0 Å². The summed E-state index contributed by atoms with van der Waals surface area (Å²) in [5, 5.41) is 2.23. The van der Waals surface area contributed by atoms with Gasteiger partial charge in [0.1, 0.15) is 0 Å². The smallest absolute Gasteiger partial charge is 0.0331 e. The fraction of sp³-hybridized carbons (Fsp3) is 0.692. The second kappa shape index (κ2) is 4.71. The van der Waals surface area contributed by atoms with Crippen molar-refractivity contribution in [3.05, 3.63) is 21.9 Å². The van der Waals surface area contributed by atoms with Crippen molar-refractivity contribution < 1.29 is 0 Å². The molecule has 3 heteroatoms. The van der Waals surface area contributed by atoms with Crippen LogP contribution >= 0.6 is 24.0 Å². The van der Waals surface area contributed by atoms with Gasteiger partial charge in [0, 0.05) is 24.0 Å². The molecule has 90 valence electrons. The Morgan fingerprint density at radius 3 is 3.00 bits per heavy atom. The lowest BCUT2D eigenvalue weighted by Crippen LogP contribution is -2.40. The maximum absolute atomic E-state index is 4.45. The molecule has 0 N–H and O–H groups in total. The van der Waals surface area contributed by atoms with E-state index in [0.717, 1.165) is 12.3 Å². The lowest BCUT2D eigenvalue weighted by Gasteiger charge is -2.38. The van der Waals surface area contributed by atoms with Crippen LogP contribution in [0.2, 0.25) is 0 Å². The van der Waals surface area contributed by atoms with Gasteiger partial charge >= 0.3 is 0 Å². The van der Waals surface area contributed by atoms with Crippen molar-refractivity contribution in [1.29, 1.82) is 0 Å². The summed E-state index contributed by atoms with van der Waals surface area (Å²) in [5.74, 6) is 0.951. The van der Waals surface area contributed by atoms with E-state index in [-0.39, 0.29) is 0 Å². The van der Waals surface area contributed by atoms with E-state index >= 15 is 0 Å². The van der Waals surface area contributed by atoms with Crippen LogP contribution in [0.15, 0.2) is 11.4 Å². The fourth-order valence-electron chi connectivity index (χ4n) is 2.38. The van der Waals surface area contributed by atoms with Crippen LogP contribution in [0.25, 0.3) is 0 Å². The van der Waals surface area contributed by atoms with Gasteiger partial charge in [0.15, 0.2) is 0 Å². The maximum atomic E-state index is 4.45. The van der Waals surface area contributed by atoms with E-state index in [1.165, 1.54) is 13.0 Å².